The second-order valence-corrected chi connectivity index (χ2v) is 9.13. The third-order valence-corrected chi connectivity index (χ3v) is 6.48. The highest BCUT2D eigenvalue weighted by Crippen LogP contribution is 2.27. The van der Waals surface area contributed by atoms with Crippen LogP contribution in [0.25, 0.3) is 22.2 Å². The zero-order valence-corrected chi connectivity index (χ0v) is 20.1. The highest BCUT2D eigenvalue weighted by molar-refractivity contribution is 6.07. The minimum absolute atomic E-state index is 0.0456. The number of pyridine rings is 1. The molecule has 1 atom stereocenters. The van der Waals surface area contributed by atoms with Gasteiger partial charge in [0.25, 0.3) is 5.91 Å². The lowest BCUT2D eigenvalue weighted by Gasteiger charge is -2.19. The van der Waals surface area contributed by atoms with Crippen molar-refractivity contribution in [2.75, 3.05) is 0 Å². The van der Waals surface area contributed by atoms with Gasteiger partial charge in [0.2, 0.25) is 0 Å². The Labute approximate surface area is 196 Å². The van der Waals surface area contributed by atoms with Crippen LogP contribution >= 0.6 is 0 Å². The molecule has 3 nitrogen and oxygen atoms in total. The van der Waals surface area contributed by atoms with Gasteiger partial charge in [-0.05, 0) is 66.6 Å². The van der Waals surface area contributed by atoms with Gasteiger partial charge in [-0.1, -0.05) is 75.4 Å². The number of nitrogens with zero attached hydrogens (tertiary/aromatic N) is 1. The van der Waals surface area contributed by atoms with Crippen LogP contribution in [0.1, 0.15) is 71.8 Å². The Balaban J connectivity index is 1.71. The van der Waals surface area contributed by atoms with Crippen molar-refractivity contribution in [3.05, 3.63) is 101 Å². The number of nitrogens with one attached hydrogen (secondary N) is 1. The Morgan fingerprint density at radius 3 is 2.24 bits per heavy atom. The van der Waals surface area contributed by atoms with E-state index in [0.29, 0.717) is 11.5 Å². The van der Waals surface area contributed by atoms with E-state index in [-0.39, 0.29) is 11.9 Å². The van der Waals surface area contributed by atoms with Gasteiger partial charge in [0.05, 0.1) is 22.8 Å². The molecular formula is C30H32N2O. The van der Waals surface area contributed by atoms with E-state index in [1.54, 1.807) is 0 Å². The smallest absolute Gasteiger partial charge is 0.252 e. The molecule has 0 aliphatic carbocycles. The van der Waals surface area contributed by atoms with E-state index >= 15 is 0 Å². The maximum atomic E-state index is 13.5. The topological polar surface area (TPSA) is 42.0 Å². The van der Waals surface area contributed by atoms with Gasteiger partial charge >= 0.3 is 0 Å². The Kier molecular flexibility index (Phi) is 6.60. The first-order chi connectivity index (χ1) is 15.9. The molecule has 168 valence electrons. The van der Waals surface area contributed by atoms with Crippen LogP contribution in [0.5, 0.6) is 0 Å². The summed E-state index contributed by atoms with van der Waals surface area (Å²) in [6, 6.07) is 24.7. The zero-order chi connectivity index (χ0) is 23.5. The van der Waals surface area contributed by atoms with E-state index in [4.69, 9.17) is 4.98 Å². The molecule has 0 aliphatic rings. The fraction of sp³-hybridized carbons (Fsp3) is 0.267. The number of fused-ring (bicyclic) bond motifs is 1. The normalized spacial score (nSPS) is 12.2. The number of carbonyl (C=O) groups excluding carboxylic acids is 1. The van der Waals surface area contributed by atoms with Crippen LogP contribution < -0.4 is 5.32 Å². The summed E-state index contributed by atoms with van der Waals surface area (Å²) in [4.78, 5) is 18.4. The molecule has 1 amide bonds. The van der Waals surface area contributed by atoms with E-state index < -0.39 is 0 Å². The number of rotatable bonds is 6. The van der Waals surface area contributed by atoms with E-state index in [9.17, 15) is 4.79 Å². The number of hydrogen-bond acceptors (Lipinski definition) is 2. The zero-order valence-electron chi connectivity index (χ0n) is 20.1. The van der Waals surface area contributed by atoms with Crippen molar-refractivity contribution in [2.45, 2.75) is 53.0 Å². The molecule has 0 fully saturated rings. The molecule has 0 unspecified atom stereocenters. The second-order valence-electron chi connectivity index (χ2n) is 9.13. The molecule has 1 aromatic heterocycles. The molecule has 3 aromatic carbocycles. The van der Waals surface area contributed by atoms with Crippen molar-refractivity contribution in [3.63, 3.8) is 0 Å². The first-order valence-electron chi connectivity index (χ1n) is 11.8. The van der Waals surface area contributed by atoms with Crippen molar-refractivity contribution in [1.29, 1.82) is 0 Å². The van der Waals surface area contributed by atoms with E-state index in [2.05, 4.69) is 82.4 Å². The Morgan fingerprint density at radius 2 is 1.58 bits per heavy atom. The second kappa shape index (κ2) is 9.58. The monoisotopic (exact) mass is 436 g/mol. The van der Waals surface area contributed by atoms with Crippen LogP contribution in [-0.2, 0) is 0 Å². The summed E-state index contributed by atoms with van der Waals surface area (Å²) in [5.74, 6) is 0.416. The number of hydrogen-bond donors (Lipinski definition) is 1. The fourth-order valence-electron chi connectivity index (χ4n) is 4.18. The largest absolute Gasteiger partial charge is 0.345 e. The van der Waals surface area contributed by atoms with Gasteiger partial charge in [-0.15, -0.1) is 0 Å². The van der Waals surface area contributed by atoms with E-state index in [1.807, 2.05) is 30.3 Å². The molecule has 1 N–H and O–H groups in total. The number of carbonyl (C=O) groups is 1. The summed E-state index contributed by atoms with van der Waals surface area (Å²) in [5, 5.41) is 4.14. The summed E-state index contributed by atoms with van der Waals surface area (Å²) < 4.78 is 0. The number of para-hydroxylation sites is 1. The van der Waals surface area contributed by atoms with Crippen LogP contribution in [0.2, 0.25) is 0 Å². The van der Waals surface area contributed by atoms with Crippen molar-refractivity contribution in [3.8, 4) is 11.3 Å². The lowest BCUT2D eigenvalue weighted by atomic mass is 9.97. The molecule has 33 heavy (non-hydrogen) atoms. The van der Waals surface area contributed by atoms with Crippen molar-refractivity contribution >= 4 is 16.8 Å². The number of benzene rings is 3. The fourth-order valence-corrected chi connectivity index (χ4v) is 4.18. The maximum Gasteiger partial charge on any atom is 0.252 e. The predicted octanol–water partition coefficient (Wildman–Crippen LogP) is 7.52. The summed E-state index contributed by atoms with van der Waals surface area (Å²) in [6.45, 7) is 10.7. The van der Waals surface area contributed by atoms with E-state index in [1.165, 1.54) is 16.7 Å². The SMILES string of the molecule is CC[C@@H](NC(=O)c1cc(-c2ccc(C)c(C)c2)nc2ccccc12)c1ccc(C(C)C)cc1. The Bertz CT molecular complexity index is 1290. The molecule has 1 heterocycles. The molecule has 0 aliphatic heterocycles. The molecule has 0 saturated carbocycles. The van der Waals surface area contributed by atoms with Gasteiger partial charge in [-0.3, -0.25) is 4.79 Å². The predicted molar refractivity (Wildman–Crippen MR) is 138 cm³/mol. The summed E-state index contributed by atoms with van der Waals surface area (Å²) in [6.07, 6.45) is 0.819. The Morgan fingerprint density at radius 1 is 0.879 bits per heavy atom. The van der Waals surface area contributed by atoms with Crippen LogP contribution in [0.4, 0.5) is 0 Å². The van der Waals surface area contributed by atoms with Crippen LogP contribution in [0, 0.1) is 13.8 Å². The number of amides is 1. The molecule has 4 rings (SSSR count). The average molecular weight is 437 g/mol. The Hall–Kier alpha value is -3.46. The molecule has 0 spiro atoms. The van der Waals surface area contributed by atoms with E-state index in [0.717, 1.165) is 34.1 Å². The van der Waals surface area contributed by atoms with Crippen molar-refractivity contribution in [2.24, 2.45) is 0 Å². The minimum atomic E-state index is -0.0709. The third kappa shape index (κ3) is 4.83. The first kappa shape index (κ1) is 22.7. The highest BCUT2D eigenvalue weighted by Gasteiger charge is 2.18. The third-order valence-electron chi connectivity index (χ3n) is 6.48. The van der Waals surface area contributed by atoms with Gasteiger partial charge in [0, 0.05) is 10.9 Å². The van der Waals surface area contributed by atoms with Gasteiger partial charge in [-0.2, -0.15) is 0 Å². The standard InChI is InChI=1S/C30H32N2O/c1-6-27(23-15-13-22(14-16-23)19(2)3)32-30(33)26-18-29(24-12-11-20(4)21(5)17-24)31-28-10-8-7-9-25(26)28/h7-19,27H,6H2,1-5H3,(H,32,33)/t27-/m1/s1. The van der Waals surface area contributed by atoms with Gasteiger partial charge in [0.1, 0.15) is 0 Å². The van der Waals surface area contributed by atoms with Crippen molar-refractivity contribution in [1.82, 2.24) is 10.3 Å². The lowest BCUT2D eigenvalue weighted by Crippen LogP contribution is -2.28. The van der Waals surface area contributed by atoms with Gasteiger partial charge in [0.15, 0.2) is 0 Å². The van der Waals surface area contributed by atoms with Crippen LogP contribution in [-0.4, -0.2) is 10.9 Å². The first-order valence-corrected chi connectivity index (χ1v) is 11.8. The maximum absolute atomic E-state index is 13.5. The summed E-state index contributed by atoms with van der Waals surface area (Å²) in [5.41, 5.74) is 8.21. The molecule has 4 aromatic rings. The lowest BCUT2D eigenvalue weighted by molar-refractivity contribution is 0.0937. The average Bonchev–Trinajstić information content (AvgIpc) is 2.83. The molecular weight excluding hydrogens is 404 g/mol. The molecule has 0 bridgehead atoms. The van der Waals surface area contributed by atoms with Gasteiger partial charge in [-0.25, -0.2) is 4.98 Å². The summed E-state index contributed by atoms with van der Waals surface area (Å²) in [7, 11) is 0. The highest BCUT2D eigenvalue weighted by atomic mass is 16.1. The molecule has 0 radical (unpaired) electrons. The van der Waals surface area contributed by atoms with Crippen LogP contribution in [0.15, 0.2) is 72.8 Å². The summed E-state index contributed by atoms with van der Waals surface area (Å²) >= 11 is 0. The number of aryl methyl sites for hydroxylation is 2. The number of aromatic nitrogens is 1. The van der Waals surface area contributed by atoms with Crippen LogP contribution in [0.3, 0.4) is 0 Å². The quantitative estimate of drug-likeness (QED) is 0.339. The molecule has 0 saturated heterocycles. The minimum Gasteiger partial charge on any atom is -0.345 e. The molecule has 3 heteroatoms. The van der Waals surface area contributed by atoms with Gasteiger partial charge < -0.3 is 5.32 Å². The van der Waals surface area contributed by atoms with Crippen molar-refractivity contribution < 1.29 is 4.79 Å².